The van der Waals surface area contributed by atoms with Crippen molar-refractivity contribution in [2.24, 2.45) is 5.92 Å². The fraction of sp³-hybridized carbons (Fsp3) is 0.700. The minimum absolute atomic E-state index is 0.336. The molecule has 2 atom stereocenters. The van der Waals surface area contributed by atoms with Crippen molar-refractivity contribution in [2.45, 2.75) is 83.2 Å². The van der Waals surface area contributed by atoms with E-state index < -0.39 is 0 Å². The van der Waals surface area contributed by atoms with Gasteiger partial charge in [0.05, 0.1) is 0 Å². The van der Waals surface area contributed by atoms with E-state index in [4.69, 9.17) is 0 Å². The van der Waals surface area contributed by atoms with Crippen molar-refractivity contribution >= 4 is 0 Å². The average molecular weight is 285 g/mol. The van der Waals surface area contributed by atoms with E-state index in [0.29, 0.717) is 17.5 Å². The van der Waals surface area contributed by atoms with Crippen molar-refractivity contribution in [1.82, 2.24) is 5.32 Å². The van der Waals surface area contributed by atoms with Crippen LogP contribution in [0.5, 0.6) is 0 Å². The van der Waals surface area contributed by atoms with Crippen LogP contribution in [0.3, 0.4) is 0 Å². The smallest absolute Gasteiger partial charge is 0.0325 e. The quantitative estimate of drug-likeness (QED) is 0.788. The van der Waals surface area contributed by atoms with Gasteiger partial charge in [0.1, 0.15) is 0 Å². The Morgan fingerprint density at radius 1 is 1.05 bits per heavy atom. The van der Waals surface area contributed by atoms with Crippen LogP contribution in [0.2, 0.25) is 0 Å². The van der Waals surface area contributed by atoms with E-state index in [0.717, 1.165) is 5.92 Å². The Morgan fingerprint density at radius 2 is 1.76 bits per heavy atom. The molecule has 0 bridgehead atoms. The summed E-state index contributed by atoms with van der Waals surface area (Å²) < 4.78 is 0. The molecule has 0 heterocycles. The number of rotatable bonds is 3. The lowest BCUT2D eigenvalue weighted by Crippen LogP contribution is -2.40. The summed E-state index contributed by atoms with van der Waals surface area (Å²) >= 11 is 0. The van der Waals surface area contributed by atoms with Crippen LogP contribution < -0.4 is 5.32 Å². The van der Waals surface area contributed by atoms with E-state index in [-0.39, 0.29) is 0 Å². The lowest BCUT2D eigenvalue weighted by molar-refractivity contribution is 0.247. The molecule has 0 aliphatic heterocycles. The van der Waals surface area contributed by atoms with Crippen LogP contribution in [-0.4, -0.2) is 6.04 Å². The summed E-state index contributed by atoms with van der Waals surface area (Å²) in [6.07, 6.45) is 9.74. The van der Waals surface area contributed by atoms with Gasteiger partial charge in [0, 0.05) is 12.1 Å². The van der Waals surface area contributed by atoms with Crippen LogP contribution in [0, 0.1) is 5.92 Å². The highest BCUT2D eigenvalue weighted by atomic mass is 15.0. The molecule has 2 aliphatic carbocycles. The molecule has 116 valence electrons. The van der Waals surface area contributed by atoms with Gasteiger partial charge in [-0.2, -0.15) is 0 Å². The second-order valence-electron chi connectivity index (χ2n) is 7.92. The fourth-order valence-corrected chi connectivity index (χ4v) is 4.47. The molecule has 1 aromatic carbocycles. The molecule has 1 unspecified atom stereocenters. The Kier molecular flexibility index (Phi) is 4.40. The normalized spacial score (nSPS) is 27.1. The zero-order valence-electron chi connectivity index (χ0n) is 14.0. The molecule has 0 radical (unpaired) electrons. The van der Waals surface area contributed by atoms with Crippen molar-refractivity contribution in [1.29, 1.82) is 0 Å². The minimum atomic E-state index is 0.336. The monoisotopic (exact) mass is 285 g/mol. The topological polar surface area (TPSA) is 12.0 Å². The lowest BCUT2D eigenvalue weighted by Gasteiger charge is -2.40. The molecular weight excluding hydrogens is 254 g/mol. The molecule has 1 fully saturated rings. The molecule has 3 rings (SSSR count). The third kappa shape index (κ3) is 3.18. The Balaban J connectivity index is 1.74. The highest BCUT2D eigenvalue weighted by Gasteiger charge is 2.33. The second kappa shape index (κ2) is 6.12. The lowest BCUT2D eigenvalue weighted by atomic mass is 9.70. The van der Waals surface area contributed by atoms with Gasteiger partial charge in [0.2, 0.25) is 0 Å². The first-order valence-electron chi connectivity index (χ1n) is 8.93. The summed E-state index contributed by atoms with van der Waals surface area (Å²) in [6, 6.07) is 10.3. The molecular formula is C20H31N. The van der Waals surface area contributed by atoms with Gasteiger partial charge in [0.25, 0.3) is 0 Å². The Hall–Kier alpha value is -0.820. The molecule has 0 saturated heterocycles. The number of fused-ring (bicyclic) bond motifs is 1. The van der Waals surface area contributed by atoms with Gasteiger partial charge >= 0.3 is 0 Å². The number of hydrogen-bond acceptors (Lipinski definition) is 1. The van der Waals surface area contributed by atoms with Crippen LogP contribution in [-0.2, 0) is 5.41 Å². The van der Waals surface area contributed by atoms with Gasteiger partial charge in [-0.1, -0.05) is 57.4 Å². The van der Waals surface area contributed by atoms with E-state index in [1.165, 1.54) is 44.9 Å². The molecule has 0 aromatic heterocycles. The maximum atomic E-state index is 3.98. The summed E-state index contributed by atoms with van der Waals surface area (Å²) in [7, 11) is 0. The maximum Gasteiger partial charge on any atom is 0.0325 e. The third-order valence-corrected chi connectivity index (χ3v) is 5.94. The van der Waals surface area contributed by atoms with Crippen LogP contribution in [0.1, 0.15) is 82.9 Å². The average Bonchev–Trinajstić information content (AvgIpc) is 2.51. The van der Waals surface area contributed by atoms with E-state index in [9.17, 15) is 0 Å². The summed E-state index contributed by atoms with van der Waals surface area (Å²) in [4.78, 5) is 0. The molecule has 1 saturated carbocycles. The standard InChI is InChI=1S/C20H31N/c1-15(16-9-5-4-6-10-16)21-19-13-14-20(2,3)18-12-8-7-11-17(18)19/h7-8,11-12,15-16,19,21H,4-6,9-10,13-14H2,1-3H3/t15-,19?/m1/s1. The Labute approximate surface area is 130 Å². The fourth-order valence-electron chi connectivity index (χ4n) is 4.47. The summed E-state index contributed by atoms with van der Waals surface area (Å²) in [6.45, 7) is 7.21. The largest absolute Gasteiger partial charge is 0.307 e. The zero-order valence-corrected chi connectivity index (χ0v) is 14.0. The van der Waals surface area contributed by atoms with E-state index in [2.05, 4.69) is 50.4 Å². The van der Waals surface area contributed by atoms with Gasteiger partial charge in [-0.25, -0.2) is 0 Å². The molecule has 0 spiro atoms. The van der Waals surface area contributed by atoms with E-state index in [1.807, 2.05) is 0 Å². The molecule has 2 aliphatic rings. The highest BCUT2D eigenvalue weighted by molar-refractivity contribution is 5.38. The molecule has 0 amide bonds. The van der Waals surface area contributed by atoms with Gasteiger partial charge in [-0.05, 0) is 55.1 Å². The van der Waals surface area contributed by atoms with Crippen LogP contribution >= 0.6 is 0 Å². The predicted molar refractivity (Wildman–Crippen MR) is 90.6 cm³/mol. The Morgan fingerprint density at radius 3 is 2.52 bits per heavy atom. The van der Waals surface area contributed by atoms with Crippen molar-refractivity contribution < 1.29 is 0 Å². The van der Waals surface area contributed by atoms with Crippen LogP contribution in [0.15, 0.2) is 24.3 Å². The first-order valence-corrected chi connectivity index (χ1v) is 8.93. The molecule has 21 heavy (non-hydrogen) atoms. The first kappa shape index (κ1) is 15.1. The number of nitrogens with one attached hydrogen (secondary N) is 1. The Bertz CT molecular complexity index is 470. The van der Waals surface area contributed by atoms with Gasteiger partial charge in [0.15, 0.2) is 0 Å². The number of benzene rings is 1. The van der Waals surface area contributed by atoms with Crippen molar-refractivity contribution in [3.8, 4) is 0 Å². The zero-order chi connectivity index (χ0) is 14.9. The first-order chi connectivity index (χ1) is 10.1. The van der Waals surface area contributed by atoms with Crippen LogP contribution in [0.4, 0.5) is 0 Å². The third-order valence-electron chi connectivity index (χ3n) is 5.94. The van der Waals surface area contributed by atoms with Crippen molar-refractivity contribution in [2.75, 3.05) is 0 Å². The van der Waals surface area contributed by atoms with Gasteiger partial charge in [-0.3, -0.25) is 0 Å². The molecule has 1 N–H and O–H groups in total. The van der Waals surface area contributed by atoms with Crippen molar-refractivity contribution in [3.05, 3.63) is 35.4 Å². The highest BCUT2D eigenvalue weighted by Crippen LogP contribution is 2.42. The van der Waals surface area contributed by atoms with Crippen molar-refractivity contribution in [3.63, 3.8) is 0 Å². The second-order valence-corrected chi connectivity index (χ2v) is 7.92. The minimum Gasteiger partial charge on any atom is -0.307 e. The summed E-state index contributed by atoms with van der Waals surface area (Å²) in [5.41, 5.74) is 3.45. The predicted octanol–water partition coefficient (Wildman–Crippen LogP) is 5.36. The molecule has 1 heteroatoms. The van der Waals surface area contributed by atoms with Gasteiger partial charge in [-0.15, -0.1) is 0 Å². The van der Waals surface area contributed by atoms with E-state index in [1.54, 1.807) is 11.1 Å². The maximum absolute atomic E-state index is 3.98. The number of hydrogen-bond donors (Lipinski definition) is 1. The van der Waals surface area contributed by atoms with E-state index >= 15 is 0 Å². The summed E-state index contributed by atoms with van der Waals surface area (Å²) in [5, 5.41) is 3.98. The molecule has 1 aromatic rings. The molecule has 1 nitrogen and oxygen atoms in total. The van der Waals surface area contributed by atoms with Gasteiger partial charge < -0.3 is 5.32 Å². The summed E-state index contributed by atoms with van der Waals surface area (Å²) in [5.74, 6) is 0.890. The SMILES string of the molecule is C[C@@H](NC1CCC(C)(C)c2ccccc21)C1CCCCC1. The van der Waals surface area contributed by atoms with Crippen LogP contribution in [0.25, 0.3) is 0 Å².